The lowest BCUT2D eigenvalue weighted by molar-refractivity contribution is -0.144. The van der Waals surface area contributed by atoms with Crippen LogP contribution in [-0.2, 0) is 9.53 Å². The molecular weight excluding hydrogens is 158 g/mol. The molecular formula is C8H19NO3. The molecule has 0 aromatic heterocycles. The van der Waals surface area contributed by atoms with Crippen LogP contribution in [0.2, 0.25) is 0 Å². The Balaban J connectivity index is 0. The number of aliphatic hydroxyl groups excluding tert-OH is 1. The van der Waals surface area contributed by atoms with Crippen LogP contribution in [0.3, 0.4) is 0 Å². The first-order valence-corrected chi connectivity index (χ1v) is 3.76. The molecule has 0 aliphatic carbocycles. The van der Waals surface area contributed by atoms with Gasteiger partial charge in [-0.15, -0.1) is 0 Å². The molecule has 0 heterocycles. The third-order valence-electron chi connectivity index (χ3n) is 0.833. The van der Waals surface area contributed by atoms with Crippen LogP contribution in [0.15, 0.2) is 0 Å². The van der Waals surface area contributed by atoms with Crippen LogP contribution in [0.5, 0.6) is 0 Å². The van der Waals surface area contributed by atoms with Gasteiger partial charge in [-0.1, -0.05) is 20.8 Å². The molecule has 0 atom stereocenters. The maximum absolute atomic E-state index is 10.5. The van der Waals surface area contributed by atoms with Gasteiger partial charge in [-0.2, -0.15) is 0 Å². The Hall–Kier alpha value is -0.610. The fraction of sp³-hybridized carbons (Fsp3) is 0.875. The van der Waals surface area contributed by atoms with Gasteiger partial charge in [0.05, 0.1) is 13.2 Å². The maximum Gasteiger partial charge on any atom is 0.319 e. The molecule has 0 unspecified atom stereocenters. The van der Waals surface area contributed by atoms with Crippen LogP contribution in [0.1, 0.15) is 20.8 Å². The van der Waals surface area contributed by atoms with Gasteiger partial charge < -0.3 is 15.6 Å². The van der Waals surface area contributed by atoms with Gasteiger partial charge in [0.25, 0.3) is 0 Å². The summed E-state index contributed by atoms with van der Waals surface area (Å²) in [5, 5.41) is 7.00. The predicted octanol–water partition coefficient (Wildman–Crippen LogP) is 0.143. The zero-order valence-corrected chi connectivity index (χ0v) is 8.26. The van der Waals surface area contributed by atoms with Crippen molar-refractivity contribution in [3.8, 4) is 0 Å². The monoisotopic (exact) mass is 177 g/mol. The summed E-state index contributed by atoms with van der Waals surface area (Å²) in [6.07, 6.45) is 0. The van der Waals surface area contributed by atoms with Crippen molar-refractivity contribution < 1.29 is 14.6 Å². The minimum Gasteiger partial charge on any atom is -0.464 e. The highest BCUT2D eigenvalue weighted by molar-refractivity contribution is 5.71. The zero-order valence-electron chi connectivity index (χ0n) is 8.26. The molecule has 0 aliphatic heterocycles. The second kappa shape index (κ2) is 7.06. The molecule has 12 heavy (non-hydrogen) atoms. The molecule has 0 rings (SSSR count). The van der Waals surface area contributed by atoms with Crippen LogP contribution in [0.4, 0.5) is 0 Å². The molecule has 74 valence electrons. The standard InChI is InChI=1S/C7H15NO2.CH4O/c1-7(2,3)5-10-6(9)4-8;1-2/h4-5,8H2,1-3H3;2H,1H3. The first kappa shape index (κ1) is 13.9. The van der Waals surface area contributed by atoms with E-state index < -0.39 is 0 Å². The largest absolute Gasteiger partial charge is 0.464 e. The lowest BCUT2D eigenvalue weighted by Crippen LogP contribution is -2.23. The van der Waals surface area contributed by atoms with Gasteiger partial charge >= 0.3 is 5.97 Å². The Morgan fingerprint density at radius 2 is 1.83 bits per heavy atom. The van der Waals surface area contributed by atoms with E-state index in [9.17, 15) is 4.79 Å². The molecule has 0 fully saturated rings. The van der Waals surface area contributed by atoms with Gasteiger partial charge in [-0.05, 0) is 5.41 Å². The first-order chi connectivity index (χ1) is 5.45. The third-order valence-corrected chi connectivity index (χ3v) is 0.833. The number of hydrogen-bond donors (Lipinski definition) is 2. The molecule has 0 aromatic rings. The van der Waals surface area contributed by atoms with Gasteiger partial charge in [0, 0.05) is 7.11 Å². The summed E-state index contributed by atoms with van der Waals surface area (Å²) < 4.78 is 4.79. The Bertz CT molecular complexity index is 118. The van der Waals surface area contributed by atoms with Crippen LogP contribution < -0.4 is 5.73 Å². The summed E-state index contributed by atoms with van der Waals surface area (Å²) in [5.74, 6) is -0.338. The second-order valence-corrected chi connectivity index (χ2v) is 3.43. The van der Waals surface area contributed by atoms with Crippen LogP contribution in [-0.4, -0.2) is 31.3 Å². The number of rotatable bonds is 2. The molecule has 0 amide bonds. The quantitative estimate of drug-likeness (QED) is 0.589. The summed E-state index contributed by atoms with van der Waals surface area (Å²) in [7, 11) is 1.00. The van der Waals surface area contributed by atoms with E-state index in [1.54, 1.807) is 0 Å². The highest BCUT2D eigenvalue weighted by Crippen LogP contribution is 2.12. The number of carbonyl (C=O) groups is 1. The molecule has 0 spiro atoms. The van der Waals surface area contributed by atoms with Gasteiger partial charge in [0.15, 0.2) is 0 Å². The molecule has 0 aromatic carbocycles. The number of aliphatic hydroxyl groups is 1. The van der Waals surface area contributed by atoms with E-state index in [-0.39, 0.29) is 17.9 Å². The minimum atomic E-state index is -0.338. The molecule has 4 nitrogen and oxygen atoms in total. The van der Waals surface area contributed by atoms with E-state index in [4.69, 9.17) is 15.6 Å². The van der Waals surface area contributed by atoms with Crippen molar-refractivity contribution in [2.75, 3.05) is 20.3 Å². The average molecular weight is 177 g/mol. The van der Waals surface area contributed by atoms with Crippen molar-refractivity contribution in [1.82, 2.24) is 0 Å². The predicted molar refractivity (Wildman–Crippen MR) is 47.6 cm³/mol. The SMILES string of the molecule is CC(C)(C)COC(=O)CN.CO. The van der Waals surface area contributed by atoms with Crippen molar-refractivity contribution in [1.29, 1.82) is 0 Å². The van der Waals surface area contributed by atoms with Crippen molar-refractivity contribution in [3.63, 3.8) is 0 Å². The second-order valence-electron chi connectivity index (χ2n) is 3.43. The van der Waals surface area contributed by atoms with Gasteiger partial charge in [-0.3, -0.25) is 4.79 Å². The summed E-state index contributed by atoms with van der Waals surface area (Å²) >= 11 is 0. The van der Waals surface area contributed by atoms with Crippen LogP contribution in [0.25, 0.3) is 0 Å². The van der Waals surface area contributed by atoms with Gasteiger partial charge in [0.2, 0.25) is 0 Å². The topological polar surface area (TPSA) is 72.5 Å². The fourth-order valence-corrected chi connectivity index (χ4v) is 0.356. The lowest BCUT2D eigenvalue weighted by atomic mass is 9.99. The van der Waals surface area contributed by atoms with E-state index >= 15 is 0 Å². The van der Waals surface area contributed by atoms with Crippen molar-refractivity contribution >= 4 is 5.97 Å². The first-order valence-electron chi connectivity index (χ1n) is 3.76. The highest BCUT2D eigenvalue weighted by Gasteiger charge is 2.12. The van der Waals surface area contributed by atoms with Crippen molar-refractivity contribution in [3.05, 3.63) is 0 Å². The summed E-state index contributed by atoms with van der Waals surface area (Å²) in [5.41, 5.74) is 5.06. The Labute approximate surface area is 73.7 Å². The van der Waals surface area contributed by atoms with Crippen molar-refractivity contribution in [2.24, 2.45) is 11.1 Å². The maximum atomic E-state index is 10.5. The fourth-order valence-electron chi connectivity index (χ4n) is 0.356. The number of carbonyl (C=O) groups excluding carboxylic acids is 1. The zero-order chi connectivity index (χ0) is 10.2. The van der Waals surface area contributed by atoms with Gasteiger partial charge in [-0.25, -0.2) is 0 Å². The highest BCUT2D eigenvalue weighted by atomic mass is 16.5. The summed E-state index contributed by atoms with van der Waals surface area (Å²) in [6.45, 7) is 6.39. The molecule has 0 saturated heterocycles. The van der Waals surface area contributed by atoms with E-state index in [0.29, 0.717) is 6.61 Å². The number of nitrogens with two attached hydrogens (primary N) is 1. The minimum absolute atomic E-state index is 0.0317. The van der Waals surface area contributed by atoms with E-state index in [2.05, 4.69) is 0 Å². The summed E-state index contributed by atoms with van der Waals surface area (Å²) in [6, 6.07) is 0. The molecule has 0 bridgehead atoms. The van der Waals surface area contributed by atoms with Gasteiger partial charge in [0.1, 0.15) is 0 Å². The smallest absolute Gasteiger partial charge is 0.319 e. The van der Waals surface area contributed by atoms with Crippen LogP contribution in [0, 0.1) is 5.41 Å². The number of hydrogen-bond acceptors (Lipinski definition) is 4. The molecule has 0 radical (unpaired) electrons. The Morgan fingerprint density at radius 3 is 2.08 bits per heavy atom. The summed E-state index contributed by atoms with van der Waals surface area (Å²) in [4.78, 5) is 10.5. The molecule has 4 heteroatoms. The van der Waals surface area contributed by atoms with E-state index in [1.165, 1.54) is 0 Å². The molecule has 3 N–H and O–H groups in total. The Morgan fingerprint density at radius 1 is 1.42 bits per heavy atom. The van der Waals surface area contributed by atoms with E-state index in [1.807, 2.05) is 20.8 Å². The third kappa shape index (κ3) is 12.1. The number of ether oxygens (including phenoxy) is 1. The number of esters is 1. The normalized spacial score (nSPS) is 9.83. The molecule has 0 aliphatic rings. The van der Waals surface area contributed by atoms with Crippen molar-refractivity contribution in [2.45, 2.75) is 20.8 Å². The Kier molecular flexibility index (Phi) is 8.21. The van der Waals surface area contributed by atoms with Crippen LogP contribution >= 0.6 is 0 Å². The van der Waals surface area contributed by atoms with E-state index in [0.717, 1.165) is 7.11 Å². The molecule has 0 saturated carbocycles. The average Bonchev–Trinajstić information content (AvgIpc) is 2.03. The lowest BCUT2D eigenvalue weighted by Gasteiger charge is -2.17.